The number of likely N-dealkylation sites (tertiary alicyclic amines) is 1. The van der Waals surface area contributed by atoms with Crippen LogP contribution in [-0.4, -0.2) is 40.3 Å². The largest absolute Gasteiger partial charge is 0.507 e. The lowest BCUT2D eigenvalue weighted by Crippen LogP contribution is -2.31. The third-order valence-electron chi connectivity index (χ3n) is 6.51. The van der Waals surface area contributed by atoms with Gasteiger partial charge in [-0.05, 0) is 72.1 Å². The molecule has 2 N–H and O–H groups in total. The Hall–Kier alpha value is -3.45. The number of amides is 1. The molecule has 5 rings (SSSR count). The van der Waals surface area contributed by atoms with E-state index in [2.05, 4.69) is 4.98 Å². The second-order valence-corrected chi connectivity index (χ2v) is 9.92. The Morgan fingerprint density at radius 1 is 1.00 bits per heavy atom. The number of Topliss-reactive ketones (excluding diaryl/α,β-unsaturated/α-hetero) is 1. The monoisotopic (exact) mass is 554 g/mol. The highest BCUT2D eigenvalue weighted by Crippen LogP contribution is 2.42. The minimum absolute atomic E-state index is 0.0443. The number of nitrogens with one attached hydrogen (secondary N) is 1. The highest BCUT2D eigenvalue weighted by Gasteiger charge is 2.46. The smallest absolute Gasteiger partial charge is 0.295 e. The number of ketones is 1. The van der Waals surface area contributed by atoms with Gasteiger partial charge in [-0.1, -0.05) is 40.9 Å². The van der Waals surface area contributed by atoms with Crippen molar-refractivity contribution < 1.29 is 19.4 Å². The molecule has 4 aromatic rings. The summed E-state index contributed by atoms with van der Waals surface area (Å²) in [6.45, 7) is 0.204. The number of aliphatic hydroxyl groups is 1. The van der Waals surface area contributed by atoms with Crippen LogP contribution in [0.25, 0.3) is 16.7 Å². The summed E-state index contributed by atoms with van der Waals surface area (Å²) in [6.07, 6.45) is 2.32. The van der Waals surface area contributed by atoms with Crippen LogP contribution in [0.2, 0.25) is 15.1 Å². The van der Waals surface area contributed by atoms with Crippen molar-refractivity contribution in [2.24, 2.45) is 0 Å². The summed E-state index contributed by atoms with van der Waals surface area (Å²) in [5.41, 5.74) is 2.69. The van der Waals surface area contributed by atoms with Gasteiger partial charge in [0.2, 0.25) is 0 Å². The number of nitrogens with zero attached hydrogens (tertiary/aromatic N) is 1. The molecule has 1 fully saturated rings. The molecule has 0 aliphatic carbocycles. The second-order valence-electron chi connectivity index (χ2n) is 8.64. The zero-order valence-corrected chi connectivity index (χ0v) is 21.9. The number of hydrogen-bond donors (Lipinski definition) is 2. The van der Waals surface area contributed by atoms with E-state index in [1.165, 1.54) is 4.90 Å². The molecule has 37 heavy (non-hydrogen) atoms. The van der Waals surface area contributed by atoms with Crippen molar-refractivity contribution in [2.45, 2.75) is 12.5 Å². The molecule has 1 aromatic heterocycles. The number of halogens is 3. The number of hydrogen-bond acceptors (Lipinski definition) is 4. The van der Waals surface area contributed by atoms with Crippen molar-refractivity contribution in [2.75, 3.05) is 13.7 Å². The lowest BCUT2D eigenvalue weighted by Gasteiger charge is -2.26. The van der Waals surface area contributed by atoms with Gasteiger partial charge in [-0.15, -0.1) is 0 Å². The quantitative estimate of drug-likeness (QED) is 0.156. The van der Waals surface area contributed by atoms with Crippen molar-refractivity contribution in [1.82, 2.24) is 9.88 Å². The molecule has 188 valence electrons. The molecule has 3 aromatic carbocycles. The first-order valence-corrected chi connectivity index (χ1v) is 12.5. The molecule has 0 unspecified atom stereocenters. The maximum Gasteiger partial charge on any atom is 0.295 e. The van der Waals surface area contributed by atoms with Crippen molar-refractivity contribution in [3.63, 3.8) is 0 Å². The maximum absolute atomic E-state index is 13.3. The van der Waals surface area contributed by atoms with Gasteiger partial charge in [0.25, 0.3) is 11.7 Å². The molecule has 0 spiro atoms. The molecule has 2 heterocycles. The van der Waals surface area contributed by atoms with Crippen molar-refractivity contribution in [1.29, 1.82) is 0 Å². The summed E-state index contributed by atoms with van der Waals surface area (Å²) < 4.78 is 5.35. The Morgan fingerprint density at radius 3 is 2.43 bits per heavy atom. The predicted octanol–water partition coefficient (Wildman–Crippen LogP) is 6.80. The van der Waals surface area contributed by atoms with Crippen LogP contribution in [0.1, 0.15) is 22.7 Å². The number of rotatable bonds is 6. The Bertz CT molecular complexity index is 1560. The molecule has 0 bridgehead atoms. The van der Waals surface area contributed by atoms with Crippen LogP contribution in [0.4, 0.5) is 0 Å². The second kappa shape index (κ2) is 10.1. The predicted molar refractivity (Wildman–Crippen MR) is 145 cm³/mol. The molecular formula is C28H21Cl3N2O4. The van der Waals surface area contributed by atoms with Gasteiger partial charge in [0, 0.05) is 44.3 Å². The third kappa shape index (κ3) is 4.68. The van der Waals surface area contributed by atoms with E-state index in [-0.39, 0.29) is 22.9 Å². The number of fused-ring (bicyclic) bond motifs is 1. The number of H-pyrrole nitrogens is 1. The summed E-state index contributed by atoms with van der Waals surface area (Å²) in [4.78, 5) is 31.3. The minimum atomic E-state index is -0.903. The first-order valence-electron chi connectivity index (χ1n) is 11.4. The van der Waals surface area contributed by atoms with Crippen molar-refractivity contribution in [3.05, 3.63) is 104 Å². The minimum Gasteiger partial charge on any atom is -0.507 e. The van der Waals surface area contributed by atoms with Gasteiger partial charge in [0.15, 0.2) is 0 Å². The Morgan fingerprint density at radius 2 is 1.73 bits per heavy atom. The SMILES string of the molecule is COc1ccc2[nH]cc(CCN3C(=O)C(=O)C(=C(O)c4ccc(Cl)cc4)[C@H]3c3ccc(Cl)cc3Cl)c2c1. The van der Waals surface area contributed by atoms with Gasteiger partial charge in [0.1, 0.15) is 11.5 Å². The zero-order valence-electron chi connectivity index (χ0n) is 19.6. The molecule has 0 saturated carbocycles. The Labute approximate surface area is 228 Å². The maximum atomic E-state index is 13.3. The molecule has 9 heteroatoms. The van der Waals surface area contributed by atoms with E-state index in [9.17, 15) is 14.7 Å². The standard InChI is InChI=1S/C28H21Cl3N2O4/c1-37-19-7-9-23-21(13-19)16(14-32-23)10-11-33-25(20-8-6-18(30)12-22(20)31)24(27(35)28(33)36)26(34)15-2-4-17(29)5-3-15/h2-9,12-14,25,32,34H,10-11H2,1H3/t25-/m1/s1. The Kier molecular flexibility index (Phi) is 6.90. The average molecular weight is 556 g/mol. The molecule has 6 nitrogen and oxygen atoms in total. The molecule has 1 amide bonds. The van der Waals surface area contributed by atoms with Crippen LogP contribution in [-0.2, 0) is 16.0 Å². The summed E-state index contributed by atoms with van der Waals surface area (Å²) in [5, 5.41) is 13.3. The van der Waals surface area contributed by atoms with Gasteiger partial charge < -0.3 is 19.7 Å². The lowest BCUT2D eigenvalue weighted by atomic mass is 9.95. The summed E-state index contributed by atoms with van der Waals surface area (Å²) >= 11 is 18.7. The molecule has 1 aliphatic rings. The van der Waals surface area contributed by atoms with Crippen molar-refractivity contribution in [3.8, 4) is 5.75 Å². The number of methoxy groups -OCH3 is 1. The number of aliphatic hydroxyl groups excluding tert-OH is 1. The average Bonchev–Trinajstić information content (AvgIpc) is 3.40. The van der Waals surface area contributed by atoms with E-state index in [1.807, 2.05) is 24.4 Å². The van der Waals surface area contributed by atoms with E-state index < -0.39 is 17.7 Å². The fourth-order valence-electron chi connectivity index (χ4n) is 4.65. The fourth-order valence-corrected chi connectivity index (χ4v) is 5.29. The van der Waals surface area contributed by atoms with Gasteiger partial charge in [-0.25, -0.2) is 0 Å². The highest BCUT2D eigenvalue weighted by molar-refractivity contribution is 6.47. The Balaban J connectivity index is 1.58. The number of ether oxygens (including phenoxy) is 1. The van der Waals surface area contributed by atoms with Crippen molar-refractivity contribution >= 4 is 63.2 Å². The van der Waals surface area contributed by atoms with Crippen LogP contribution >= 0.6 is 34.8 Å². The van der Waals surface area contributed by atoms with E-state index in [1.54, 1.807) is 49.6 Å². The number of aromatic amines is 1. The summed E-state index contributed by atoms with van der Waals surface area (Å²) in [7, 11) is 1.60. The topological polar surface area (TPSA) is 82.6 Å². The number of carbonyl (C=O) groups is 2. The van der Waals surface area contributed by atoms with Gasteiger partial charge in [0.05, 0.1) is 18.7 Å². The molecule has 0 radical (unpaired) electrons. The zero-order chi connectivity index (χ0) is 26.3. The fraction of sp³-hybridized carbons (Fsp3) is 0.143. The van der Waals surface area contributed by atoms with Crippen LogP contribution in [0.15, 0.2) is 72.4 Å². The number of carbonyl (C=O) groups excluding carboxylic acids is 2. The van der Waals surface area contributed by atoms with E-state index in [0.29, 0.717) is 33.3 Å². The van der Waals surface area contributed by atoms with Gasteiger partial charge in [-0.2, -0.15) is 0 Å². The van der Waals surface area contributed by atoms with Gasteiger partial charge in [-0.3, -0.25) is 9.59 Å². The van der Waals surface area contributed by atoms with E-state index >= 15 is 0 Å². The van der Waals surface area contributed by atoms with Gasteiger partial charge >= 0.3 is 0 Å². The van der Waals surface area contributed by atoms with E-state index in [4.69, 9.17) is 39.5 Å². The first kappa shape index (κ1) is 25.2. The first-order chi connectivity index (χ1) is 17.8. The number of benzene rings is 3. The molecule has 1 saturated heterocycles. The summed E-state index contributed by atoms with van der Waals surface area (Å²) in [6, 6.07) is 16.0. The molecular weight excluding hydrogens is 535 g/mol. The normalized spacial score (nSPS) is 17.1. The van der Waals surface area contributed by atoms with Crippen LogP contribution in [0.5, 0.6) is 5.75 Å². The van der Waals surface area contributed by atoms with E-state index in [0.717, 1.165) is 16.5 Å². The lowest BCUT2D eigenvalue weighted by molar-refractivity contribution is -0.139. The summed E-state index contributed by atoms with van der Waals surface area (Å²) in [5.74, 6) is -1.09. The van der Waals surface area contributed by atoms with Crippen LogP contribution in [0.3, 0.4) is 0 Å². The highest BCUT2D eigenvalue weighted by atomic mass is 35.5. The molecule has 1 atom stereocenters. The van der Waals surface area contributed by atoms with Crippen LogP contribution in [0, 0.1) is 0 Å². The number of aromatic nitrogens is 1. The molecule has 1 aliphatic heterocycles. The van der Waals surface area contributed by atoms with Crippen LogP contribution < -0.4 is 4.74 Å². The third-order valence-corrected chi connectivity index (χ3v) is 7.33.